The van der Waals surface area contributed by atoms with E-state index in [9.17, 15) is 4.79 Å². The second-order valence-electron chi connectivity index (χ2n) is 12.0. The van der Waals surface area contributed by atoms with Gasteiger partial charge in [-0.1, -0.05) is 62.4 Å². The van der Waals surface area contributed by atoms with Gasteiger partial charge in [0.2, 0.25) is 0 Å². The van der Waals surface area contributed by atoms with Crippen molar-refractivity contribution < 1.29 is 9.90 Å². The van der Waals surface area contributed by atoms with E-state index in [0.29, 0.717) is 23.4 Å². The van der Waals surface area contributed by atoms with Crippen LogP contribution in [0.1, 0.15) is 72.5 Å². The van der Waals surface area contributed by atoms with Gasteiger partial charge in [0.1, 0.15) is 0 Å². The van der Waals surface area contributed by atoms with Gasteiger partial charge in [0.25, 0.3) is 0 Å². The molecule has 3 aromatic carbocycles. The fourth-order valence-electron chi connectivity index (χ4n) is 5.55. The van der Waals surface area contributed by atoms with E-state index in [1.165, 1.54) is 42.5 Å². The number of carbonyl (C=O) groups is 1. The Morgan fingerprint density at radius 3 is 2.02 bits per heavy atom. The normalized spacial score (nSPS) is 14.7. The average molecular weight is 578 g/mol. The van der Waals surface area contributed by atoms with Crippen LogP contribution in [0.2, 0.25) is 0 Å². The first-order chi connectivity index (χ1) is 19.2. The van der Waals surface area contributed by atoms with Crippen molar-refractivity contribution in [3.8, 4) is 11.3 Å². The van der Waals surface area contributed by atoms with E-state index in [4.69, 9.17) is 10.1 Å². The molecule has 1 aromatic heterocycles. The fraction of sp³-hybridized carbons (Fsp3) is 0.353. The first kappa shape index (κ1) is 31.3. The van der Waals surface area contributed by atoms with Crippen LogP contribution in [0.15, 0.2) is 78.2 Å². The van der Waals surface area contributed by atoms with Crippen LogP contribution < -0.4 is 9.80 Å². The molecule has 41 heavy (non-hydrogen) atoms. The van der Waals surface area contributed by atoms with Crippen molar-refractivity contribution in [1.29, 1.82) is 0 Å². The van der Waals surface area contributed by atoms with Crippen LogP contribution in [0.3, 0.4) is 0 Å². The number of carboxylic acid groups (broad SMARTS) is 1. The summed E-state index contributed by atoms with van der Waals surface area (Å²) in [4.78, 5) is 20.3. The number of benzene rings is 3. The zero-order valence-electron chi connectivity index (χ0n) is 23.9. The summed E-state index contributed by atoms with van der Waals surface area (Å²) in [5, 5.41) is 12.1. The third kappa shape index (κ3) is 8.01. The van der Waals surface area contributed by atoms with Crippen molar-refractivity contribution >= 4 is 57.7 Å². The molecular formula is C34H40N3NaO2S. The molecule has 1 saturated carbocycles. The third-order valence-corrected chi connectivity index (χ3v) is 9.21. The molecule has 1 fully saturated rings. The zero-order valence-corrected chi connectivity index (χ0v) is 24.7. The topological polar surface area (TPSA) is 56.7 Å². The Balaban J connectivity index is 0.00000387. The summed E-state index contributed by atoms with van der Waals surface area (Å²) in [7, 11) is 4.15. The second-order valence-corrected chi connectivity index (χ2v) is 12.8. The molecule has 0 spiro atoms. The van der Waals surface area contributed by atoms with Crippen molar-refractivity contribution in [1.82, 2.24) is 4.98 Å². The van der Waals surface area contributed by atoms with E-state index in [2.05, 4.69) is 84.6 Å². The SMILES string of the molecule is CN(Cc1ccc(C2CCC(C)(C)CC2)cc1)c1ccc(-c2csc(N(C)Cc3ccc(C(=O)O)cc3)n2)cc1.[NaH]. The first-order valence-electron chi connectivity index (χ1n) is 14.1. The molecule has 0 saturated heterocycles. The zero-order chi connectivity index (χ0) is 28.3. The average Bonchev–Trinajstić information content (AvgIpc) is 3.45. The van der Waals surface area contributed by atoms with Gasteiger partial charge in [0, 0.05) is 43.8 Å². The molecular weight excluding hydrogens is 537 g/mol. The van der Waals surface area contributed by atoms with Crippen molar-refractivity contribution in [3.63, 3.8) is 0 Å². The number of hydrogen-bond acceptors (Lipinski definition) is 5. The van der Waals surface area contributed by atoms with Crippen molar-refractivity contribution in [2.45, 2.75) is 58.5 Å². The van der Waals surface area contributed by atoms with Crippen LogP contribution in [-0.4, -0.2) is 59.7 Å². The molecule has 0 atom stereocenters. The Bertz CT molecular complexity index is 1420. The summed E-state index contributed by atoms with van der Waals surface area (Å²) in [5.41, 5.74) is 7.92. The van der Waals surface area contributed by atoms with Gasteiger partial charge in [-0.15, -0.1) is 11.3 Å². The Hall–Kier alpha value is -2.64. The first-order valence-corrected chi connectivity index (χ1v) is 14.9. The number of nitrogens with zero attached hydrogens (tertiary/aromatic N) is 3. The van der Waals surface area contributed by atoms with Gasteiger partial charge in [0.15, 0.2) is 5.13 Å². The molecule has 5 nitrogen and oxygen atoms in total. The molecule has 210 valence electrons. The van der Waals surface area contributed by atoms with Gasteiger partial charge in [-0.3, -0.25) is 0 Å². The monoisotopic (exact) mass is 577 g/mol. The van der Waals surface area contributed by atoms with E-state index in [0.717, 1.165) is 28.5 Å². The molecule has 5 rings (SSSR count). The molecule has 7 heteroatoms. The van der Waals surface area contributed by atoms with E-state index in [1.807, 2.05) is 19.2 Å². The van der Waals surface area contributed by atoms with Gasteiger partial charge in [0.05, 0.1) is 11.3 Å². The van der Waals surface area contributed by atoms with Crippen LogP contribution in [0.4, 0.5) is 10.8 Å². The van der Waals surface area contributed by atoms with Crippen LogP contribution in [0.25, 0.3) is 11.3 Å². The number of aromatic nitrogens is 1. The molecule has 0 amide bonds. The van der Waals surface area contributed by atoms with Crippen molar-refractivity contribution in [3.05, 3.63) is 100 Å². The van der Waals surface area contributed by atoms with Crippen LogP contribution in [-0.2, 0) is 13.1 Å². The predicted molar refractivity (Wildman–Crippen MR) is 174 cm³/mol. The van der Waals surface area contributed by atoms with E-state index in [1.54, 1.807) is 23.5 Å². The second kappa shape index (κ2) is 13.6. The Morgan fingerprint density at radius 2 is 1.44 bits per heavy atom. The van der Waals surface area contributed by atoms with Gasteiger partial charge in [-0.2, -0.15) is 0 Å². The Kier molecular flexibility index (Phi) is 10.3. The summed E-state index contributed by atoms with van der Waals surface area (Å²) < 4.78 is 0. The van der Waals surface area contributed by atoms with Crippen molar-refractivity contribution in [2.75, 3.05) is 23.9 Å². The van der Waals surface area contributed by atoms with Gasteiger partial charge in [-0.25, -0.2) is 9.78 Å². The molecule has 0 bridgehead atoms. The Labute approximate surface area is 270 Å². The van der Waals surface area contributed by atoms with E-state index >= 15 is 0 Å². The molecule has 1 aliphatic carbocycles. The summed E-state index contributed by atoms with van der Waals surface area (Å²) in [5.74, 6) is -0.196. The standard InChI is InChI=1S/C34H39N3O2S.Na.H/c1-34(2)19-17-27(18-20-34)26-9-5-24(6-10-26)21-36(3)30-15-13-28(14-16-30)31-23-40-33(35-31)37(4)22-25-7-11-29(12-8-25)32(38)39;;/h5-16,23,27H,17-22H2,1-4H3,(H,38,39);;. The number of thiazole rings is 1. The number of rotatable bonds is 9. The van der Waals surface area contributed by atoms with Crippen LogP contribution in [0, 0.1) is 5.41 Å². The third-order valence-electron chi connectivity index (χ3n) is 8.25. The van der Waals surface area contributed by atoms with Gasteiger partial charge < -0.3 is 14.9 Å². The molecule has 1 aliphatic rings. The maximum atomic E-state index is 11.1. The minimum atomic E-state index is -0.908. The number of aromatic carboxylic acids is 1. The predicted octanol–water partition coefficient (Wildman–Crippen LogP) is 7.82. The number of hydrogen-bond donors (Lipinski definition) is 1. The molecule has 4 aromatic rings. The molecule has 0 radical (unpaired) electrons. The molecule has 1 heterocycles. The van der Waals surface area contributed by atoms with Crippen molar-refractivity contribution in [2.24, 2.45) is 5.41 Å². The van der Waals surface area contributed by atoms with E-state index < -0.39 is 5.97 Å². The molecule has 1 N–H and O–H groups in total. The maximum absolute atomic E-state index is 11.1. The molecule has 0 unspecified atom stereocenters. The van der Waals surface area contributed by atoms with Crippen LogP contribution in [0.5, 0.6) is 0 Å². The Morgan fingerprint density at radius 1 is 0.878 bits per heavy atom. The summed E-state index contributed by atoms with van der Waals surface area (Å²) in [6, 6.07) is 24.9. The fourth-order valence-corrected chi connectivity index (χ4v) is 6.35. The summed E-state index contributed by atoms with van der Waals surface area (Å²) in [6.07, 6.45) is 5.25. The minimum absolute atomic E-state index is 0. The van der Waals surface area contributed by atoms with Gasteiger partial charge in [-0.05, 0) is 78.0 Å². The molecule has 0 aliphatic heterocycles. The number of anilines is 2. The quantitative estimate of drug-likeness (QED) is 0.206. The van der Waals surface area contributed by atoms with E-state index in [-0.39, 0.29) is 29.6 Å². The number of carboxylic acids is 1. The van der Waals surface area contributed by atoms with Crippen LogP contribution >= 0.6 is 11.3 Å². The summed E-state index contributed by atoms with van der Waals surface area (Å²) >= 11 is 1.61. The van der Waals surface area contributed by atoms with Gasteiger partial charge >= 0.3 is 35.5 Å². The summed E-state index contributed by atoms with van der Waals surface area (Å²) in [6.45, 7) is 6.33.